The van der Waals surface area contributed by atoms with Crippen LogP contribution in [0.5, 0.6) is 0 Å². The first-order valence-corrected chi connectivity index (χ1v) is 15.5. The van der Waals surface area contributed by atoms with Crippen molar-refractivity contribution in [3.63, 3.8) is 0 Å². The van der Waals surface area contributed by atoms with Crippen LogP contribution in [0, 0.1) is 0 Å². The van der Waals surface area contributed by atoms with Gasteiger partial charge in [-0.2, -0.15) is 0 Å². The third kappa shape index (κ3) is 4.33. The first kappa shape index (κ1) is 11.8. The third-order valence-corrected chi connectivity index (χ3v) is 8.86. The van der Waals surface area contributed by atoms with Gasteiger partial charge in [0.1, 0.15) is 0 Å². The van der Waals surface area contributed by atoms with Crippen molar-refractivity contribution >= 4 is 64.6 Å². The van der Waals surface area contributed by atoms with Gasteiger partial charge in [-0.3, -0.25) is 0 Å². The Morgan fingerprint density at radius 2 is 0.765 bits per heavy atom. The Bertz CT molecular complexity index is 4750. The molecule has 0 nitrogen and oxygen atoms in total. The van der Waals surface area contributed by atoms with E-state index in [2.05, 4.69) is 0 Å². The fraction of sp³-hybridized carbons (Fsp3) is 0.0196. The van der Waals surface area contributed by atoms with E-state index in [1.54, 1.807) is 0 Å². The minimum absolute atomic E-state index is 0.319. The largest absolute Gasteiger partial charge is 0.0633 e. The zero-order valence-electron chi connectivity index (χ0n) is 55.7. The van der Waals surface area contributed by atoms with E-state index < -0.39 is 281 Å². The molecule has 0 fully saturated rings. The zero-order valence-corrected chi connectivity index (χ0v) is 25.7. The molecule has 236 valence electrons. The Hall–Kier alpha value is -6.50. The van der Waals surface area contributed by atoms with E-state index in [1.165, 1.54) is 0 Å². The van der Waals surface area contributed by atoms with Crippen LogP contribution in [0.4, 0.5) is 0 Å². The summed E-state index contributed by atoms with van der Waals surface area (Å²) in [5.41, 5.74) is -6.23. The maximum absolute atomic E-state index is 10.2. The highest BCUT2D eigenvalue weighted by atomic mass is 14.2. The van der Waals surface area contributed by atoms with E-state index in [4.69, 9.17) is 23.3 Å². The minimum atomic E-state index is -1.13. The third-order valence-electron chi connectivity index (χ3n) is 8.86. The molecule has 0 saturated carbocycles. The Morgan fingerprint density at radius 3 is 1.37 bits per heavy atom. The predicted molar refractivity (Wildman–Crippen MR) is 219 cm³/mol. The predicted octanol–water partition coefficient (Wildman–Crippen LogP) is 14.1. The van der Waals surface area contributed by atoms with Crippen molar-refractivity contribution < 1.29 is 41.1 Å². The van der Waals surface area contributed by atoms with E-state index in [0.717, 1.165) is 0 Å². The summed E-state index contributed by atoms with van der Waals surface area (Å²) < 4.78 is 274. The van der Waals surface area contributed by atoms with Gasteiger partial charge in [0.25, 0.3) is 0 Å². The van der Waals surface area contributed by atoms with Gasteiger partial charge in [-0.1, -0.05) is 181 Å². The van der Waals surface area contributed by atoms with E-state index in [0.29, 0.717) is 0 Å². The van der Waals surface area contributed by atoms with Crippen LogP contribution >= 0.6 is 0 Å². The summed E-state index contributed by atoms with van der Waals surface area (Å²) in [6.07, 6.45) is -1.07. The molecule has 0 aliphatic heterocycles. The average molecular weight is 675 g/mol. The van der Waals surface area contributed by atoms with Crippen molar-refractivity contribution in [1.29, 1.82) is 0 Å². The van der Waals surface area contributed by atoms with E-state index in [1.807, 2.05) is 0 Å². The second-order valence-electron chi connectivity index (χ2n) is 11.6. The lowest BCUT2D eigenvalue weighted by atomic mass is 9.84. The van der Waals surface area contributed by atoms with Crippen LogP contribution in [0.1, 0.15) is 52.2 Å². The van der Waals surface area contributed by atoms with Crippen LogP contribution in [0.25, 0.3) is 98.0 Å². The summed E-state index contributed by atoms with van der Waals surface area (Å²) in [4.78, 5) is 0. The summed E-state index contributed by atoms with van der Waals surface area (Å²) >= 11 is 0. The maximum Gasteiger partial charge on any atom is 0.0633 e. The fourth-order valence-corrected chi connectivity index (χ4v) is 6.64. The number of hydrogen-bond donors (Lipinski definition) is 0. The summed E-state index contributed by atoms with van der Waals surface area (Å²) in [5.74, 6) is 0. The van der Waals surface area contributed by atoms with Crippen molar-refractivity contribution in [3.8, 4) is 33.4 Å². The molecule has 0 aromatic heterocycles. The maximum atomic E-state index is 10.2. The molecule has 0 atom stereocenters. The molecule has 11 aromatic rings. The molecular weight excluding hydrogens is 613 g/mol. The molecule has 0 heteroatoms. The van der Waals surface area contributed by atoms with Crippen LogP contribution < -0.4 is 0 Å². The highest BCUT2D eigenvalue weighted by molar-refractivity contribution is 6.27. The number of benzene rings is 11. The summed E-state index contributed by atoms with van der Waals surface area (Å²) in [5, 5.41) is -5.43. The first-order chi connectivity index (χ1) is 37.8. The summed E-state index contributed by atoms with van der Waals surface area (Å²) in [6.45, 7) is 0. The van der Waals surface area contributed by atoms with Crippen LogP contribution in [-0.4, -0.2) is 0 Å². The summed E-state index contributed by atoms with van der Waals surface area (Å²) in [7, 11) is 0. The van der Waals surface area contributed by atoms with E-state index in [-0.39, 0.29) is 16.2 Å². The van der Waals surface area contributed by atoms with Gasteiger partial charge in [0, 0.05) is 0 Å². The molecule has 0 aliphatic carbocycles. The van der Waals surface area contributed by atoms with Gasteiger partial charge in [0.05, 0.1) is 41.1 Å². The topological polar surface area (TPSA) is 0 Å². The van der Waals surface area contributed by atoms with Crippen molar-refractivity contribution in [2.75, 3.05) is 0 Å². The molecule has 0 saturated heterocycles. The van der Waals surface area contributed by atoms with Crippen molar-refractivity contribution in [2.24, 2.45) is 0 Å². The van der Waals surface area contributed by atoms with Crippen LogP contribution in [0.15, 0.2) is 181 Å². The summed E-state index contributed by atoms with van der Waals surface area (Å²) in [6, 6.07) is -26.7. The molecule has 0 amide bonds. The van der Waals surface area contributed by atoms with Gasteiger partial charge in [0.2, 0.25) is 0 Å². The number of hydrogen-bond acceptors (Lipinski definition) is 0. The van der Waals surface area contributed by atoms with Gasteiger partial charge in [-0.05, 0) is 116 Å². The zero-order chi connectivity index (χ0) is 59.6. The standard InChI is InChI=1S/C51H32/c1-2-8-32(9-3-1)30-40-31-39(41-25-20-37-18-16-33-10-6-12-35-22-28-46(41)50(37)48(33)35)24-26-42(40)43-14-4-5-15-44(43)45-27-21-38-19-17-34-11-7-13-36-23-29-47(45)51(38)49(34)36/h1-29,31H,30H2/i1D,2D,3D,4D,5D,6D,7D,8D,9D,10D,11D,12D,13D,14D,15D,16D,17D,18D,19D,20D,21D,22D,23D,24D,25D,26D,27D,28D,29D,31D. The minimum Gasteiger partial charge on any atom is -0.0622 e. The highest BCUT2D eigenvalue weighted by Crippen LogP contribution is 2.44. The normalized spacial score (nSPS) is 20.2. The van der Waals surface area contributed by atoms with Gasteiger partial charge in [-0.15, -0.1) is 0 Å². The van der Waals surface area contributed by atoms with Crippen LogP contribution in [-0.2, 0) is 6.42 Å². The van der Waals surface area contributed by atoms with Crippen molar-refractivity contribution in [3.05, 3.63) is 192 Å². The second-order valence-corrected chi connectivity index (χ2v) is 11.6. The smallest absolute Gasteiger partial charge is 0.0622 e. The highest BCUT2D eigenvalue weighted by Gasteiger charge is 2.18. The molecule has 0 bridgehead atoms. The molecule has 0 radical (unpaired) electrons. The van der Waals surface area contributed by atoms with Gasteiger partial charge >= 0.3 is 0 Å². The second kappa shape index (κ2) is 11.0. The fourth-order valence-electron chi connectivity index (χ4n) is 6.64. The Balaban J connectivity index is 1.39. The molecule has 0 heterocycles. The molecule has 11 aromatic carbocycles. The van der Waals surface area contributed by atoms with Crippen LogP contribution in [0.3, 0.4) is 0 Å². The molecule has 0 unspecified atom stereocenters. The molecule has 0 spiro atoms. The Morgan fingerprint density at radius 1 is 0.314 bits per heavy atom. The van der Waals surface area contributed by atoms with Gasteiger partial charge in [-0.25, -0.2) is 0 Å². The average Bonchev–Trinajstić information content (AvgIpc) is 2.37. The number of rotatable bonds is 5. The molecular formula is C51H32. The molecule has 11 rings (SSSR count). The quantitative estimate of drug-likeness (QED) is 0.159. The first-order valence-electron chi connectivity index (χ1n) is 30.5. The van der Waals surface area contributed by atoms with Gasteiger partial charge in [0.15, 0.2) is 0 Å². The Kier molecular flexibility index (Phi) is 2.54. The SMILES string of the molecule is [2H]c1c([2H])c([2H])c(Cc2c([2H])c(-c3c([2H])c([2H])c4c([2H])c([2H])c5c([2H])c([2H])c([2H])c6c([2H])c([2H])c3c4c56)c([2H])c([2H])c2-c2c([2H])c([2H])c([2H])c([2H])c2-c2c([2H])c([2H])c3c([2H])c([2H])c4c([2H])c([2H])c([2H])c5c([2H])c([2H])c2c3c45)c([2H])c1[2H]. The van der Waals surface area contributed by atoms with Crippen molar-refractivity contribution in [1.82, 2.24) is 0 Å². The Labute approximate surface area is 338 Å². The van der Waals surface area contributed by atoms with E-state index >= 15 is 0 Å². The van der Waals surface area contributed by atoms with Crippen LogP contribution in [0.2, 0.25) is 0 Å². The van der Waals surface area contributed by atoms with Crippen molar-refractivity contribution in [2.45, 2.75) is 6.42 Å². The lowest BCUT2D eigenvalue weighted by Gasteiger charge is -2.19. The monoisotopic (exact) mass is 674 g/mol. The van der Waals surface area contributed by atoms with Gasteiger partial charge < -0.3 is 0 Å². The lowest BCUT2D eigenvalue weighted by molar-refractivity contribution is 1.20. The van der Waals surface area contributed by atoms with E-state index in [9.17, 15) is 17.8 Å². The molecule has 51 heavy (non-hydrogen) atoms. The lowest BCUT2D eigenvalue weighted by Crippen LogP contribution is -1.96. The molecule has 0 N–H and O–H groups in total. The molecule has 0 aliphatic rings.